The number of aromatic amines is 1. The third kappa shape index (κ3) is 4.03. The molecule has 7 heteroatoms. The van der Waals surface area contributed by atoms with Gasteiger partial charge in [-0.1, -0.05) is 6.07 Å². The number of aryl methyl sites for hydroxylation is 4. The lowest BCUT2D eigenvalue weighted by molar-refractivity contribution is 0.0883. The molecule has 1 aromatic carbocycles. The summed E-state index contributed by atoms with van der Waals surface area (Å²) in [5.74, 6) is 0.989. The highest BCUT2D eigenvalue weighted by molar-refractivity contribution is 5.95. The van der Waals surface area contributed by atoms with Gasteiger partial charge in [0.1, 0.15) is 23.3 Å². The number of carbonyl (C=O) groups excluding carboxylic acids is 1. The van der Waals surface area contributed by atoms with Crippen LogP contribution in [0.25, 0.3) is 11.0 Å². The van der Waals surface area contributed by atoms with E-state index in [2.05, 4.69) is 35.2 Å². The fraction of sp³-hybridized carbons (Fsp3) is 0.435. The molecule has 4 rings (SSSR count). The Morgan fingerprint density at radius 2 is 2.10 bits per heavy atom. The first-order valence-corrected chi connectivity index (χ1v) is 10.4. The minimum atomic E-state index is -0.610. The lowest BCUT2D eigenvalue weighted by atomic mass is 10.1. The van der Waals surface area contributed by atoms with Crippen LogP contribution in [0.3, 0.4) is 0 Å². The van der Waals surface area contributed by atoms with Gasteiger partial charge in [0, 0.05) is 19.6 Å². The van der Waals surface area contributed by atoms with Crippen molar-refractivity contribution < 1.29 is 13.9 Å². The summed E-state index contributed by atoms with van der Waals surface area (Å²) in [6.07, 6.45) is 3.00. The number of hydrogen-bond acceptors (Lipinski definition) is 5. The van der Waals surface area contributed by atoms with E-state index in [0.717, 1.165) is 29.7 Å². The van der Waals surface area contributed by atoms with Crippen LogP contribution in [-0.4, -0.2) is 29.0 Å². The lowest BCUT2D eigenvalue weighted by Crippen LogP contribution is -2.30. The van der Waals surface area contributed by atoms with E-state index in [4.69, 9.17) is 9.15 Å². The minimum absolute atomic E-state index is 0.0617. The summed E-state index contributed by atoms with van der Waals surface area (Å²) in [7, 11) is 0. The highest BCUT2D eigenvalue weighted by Gasteiger charge is 2.24. The van der Waals surface area contributed by atoms with E-state index in [1.165, 1.54) is 11.1 Å². The summed E-state index contributed by atoms with van der Waals surface area (Å²) in [5, 5.41) is 2.82. The Morgan fingerprint density at radius 1 is 1.27 bits per heavy atom. The van der Waals surface area contributed by atoms with Crippen LogP contribution in [0, 0.1) is 20.8 Å². The van der Waals surface area contributed by atoms with Gasteiger partial charge < -0.3 is 19.5 Å². The summed E-state index contributed by atoms with van der Waals surface area (Å²) >= 11 is 0. The third-order valence-corrected chi connectivity index (χ3v) is 5.75. The molecule has 0 spiro atoms. The number of nitrogens with one attached hydrogen (secondary N) is 2. The Labute approximate surface area is 174 Å². The van der Waals surface area contributed by atoms with Crippen LogP contribution in [-0.2, 0) is 11.2 Å². The highest BCUT2D eigenvalue weighted by Crippen LogP contribution is 2.28. The maximum atomic E-state index is 12.5. The maximum Gasteiger partial charge on any atom is 0.349 e. The highest BCUT2D eigenvalue weighted by atomic mass is 16.5. The van der Waals surface area contributed by atoms with Gasteiger partial charge in [-0.3, -0.25) is 4.79 Å². The molecule has 30 heavy (non-hydrogen) atoms. The molecule has 7 nitrogen and oxygen atoms in total. The molecule has 0 bridgehead atoms. The van der Waals surface area contributed by atoms with Crippen molar-refractivity contribution in [2.24, 2.45) is 0 Å². The van der Waals surface area contributed by atoms with E-state index < -0.39 is 11.5 Å². The molecule has 2 N–H and O–H groups in total. The second kappa shape index (κ2) is 8.44. The SMILES string of the molecule is Cc1cc(C2CCCO2)oc(=O)c1C(=O)NCCCc1nc2c(C)c(C)ccc2[nH]1. The van der Waals surface area contributed by atoms with Gasteiger partial charge in [0.15, 0.2) is 0 Å². The first-order chi connectivity index (χ1) is 14.4. The number of imidazole rings is 1. The van der Waals surface area contributed by atoms with E-state index in [1.807, 2.05) is 6.07 Å². The van der Waals surface area contributed by atoms with Crippen LogP contribution >= 0.6 is 0 Å². The Balaban J connectivity index is 1.36. The first-order valence-electron chi connectivity index (χ1n) is 10.4. The maximum absolute atomic E-state index is 12.5. The summed E-state index contributed by atoms with van der Waals surface area (Å²) in [4.78, 5) is 32.9. The van der Waals surface area contributed by atoms with Gasteiger partial charge >= 0.3 is 5.63 Å². The Bertz CT molecular complexity index is 1140. The van der Waals surface area contributed by atoms with Gasteiger partial charge in [0.2, 0.25) is 0 Å². The number of nitrogens with zero attached hydrogens (tertiary/aromatic N) is 1. The zero-order valence-electron chi connectivity index (χ0n) is 17.6. The first kappa shape index (κ1) is 20.3. The number of H-pyrrole nitrogens is 1. The van der Waals surface area contributed by atoms with Gasteiger partial charge in [0.25, 0.3) is 5.91 Å². The van der Waals surface area contributed by atoms with E-state index in [9.17, 15) is 9.59 Å². The van der Waals surface area contributed by atoms with E-state index >= 15 is 0 Å². The van der Waals surface area contributed by atoms with E-state index in [1.54, 1.807) is 13.0 Å². The molecule has 1 aliphatic heterocycles. The number of rotatable bonds is 6. The summed E-state index contributed by atoms with van der Waals surface area (Å²) < 4.78 is 10.9. The predicted molar refractivity (Wildman–Crippen MR) is 114 cm³/mol. The van der Waals surface area contributed by atoms with Gasteiger partial charge in [-0.05, 0) is 68.9 Å². The van der Waals surface area contributed by atoms with Crippen molar-refractivity contribution in [3.8, 4) is 0 Å². The van der Waals surface area contributed by atoms with Crippen LogP contribution in [0.2, 0.25) is 0 Å². The second-order valence-corrected chi connectivity index (χ2v) is 7.94. The topological polar surface area (TPSA) is 97.2 Å². The molecule has 1 amide bonds. The van der Waals surface area contributed by atoms with Crippen molar-refractivity contribution in [3.63, 3.8) is 0 Å². The monoisotopic (exact) mass is 409 g/mol. The van der Waals surface area contributed by atoms with Gasteiger partial charge in [-0.25, -0.2) is 9.78 Å². The van der Waals surface area contributed by atoms with Crippen molar-refractivity contribution >= 4 is 16.9 Å². The molecule has 0 saturated carbocycles. The molecule has 0 radical (unpaired) electrons. The molecule has 2 aromatic heterocycles. The van der Waals surface area contributed by atoms with E-state index in [0.29, 0.717) is 37.3 Å². The molecular formula is C23H27N3O4. The Morgan fingerprint density at radius 3 is 2.83 bits per heavy atom. The normalized spacial score (nSPS) is 16.3. The van der Waals surface area contributed by atoms with Gasteiger partial charge in [-0.15, -0.1) is 0 Å². The quantitative estimate of drug-likeness (QED) is 0.606. The summed E-state index contributed by atoms with van der Waals surface area (Å²) in [6.45, 7) is 7.01. The number of aromatic nitrogens is 2. The number of fused-ring (bicyclic) bond motifs is 1. The van der Waals surface area contributed by atoms with Crippen LogP contribution in [0.1, 0.15) is 64.0 Å². The standard InChI is InChI=1S/C23H27N3O4/c1-13-8-9-16-21(15(13)3)26-19(25-16)7-4-10-24-22(27)20-14(2)12-18(30-23(20)28)17-6-5-11-29-17/h8-9,12,17H,4-7,10-11H2,1-3H3,(H,24,27)(H,25,26). The van der Waals surface area contributed by atoms with Crippen LogP contribution in [0.5, 0.6) is 0 Å². The molecule has 158 valence electrons. The van der Waals surface area contributed by atoms with Crippen molar-refractivity contribution in [1.29, 1.82) is 0 Å². The predicted octanol–water partition coefficient (Wildman–Crippen LogP) is 3.66. The number of benzene rings is 1. The average Bonchev–Trinajstić information content (AvgIpc) is 3.38. The van der Waals surface area contributed by atoms with Crippen LogP contribution in [0.4, 0.5) is 0 Å². The summed E-state index contributed by atoms with van der Waals surface area (Å²) in [6, 6.07) is 5.86. The molecule has 0 aliphatic carbocycles. The molecule has 3 heterocycles. The fourth-order valence-electron chi connectivity index (χ4n) is 3.90. The molecule has 1 fully saturated rings. The smallest absolute Gasteiger partial charge is 0.349 e. The molecule has 1 aliphatic rings. The van der Waals surface area contributed by atoms with Crippen LogP contribution in [0.15, 0.2) is 27.4 Å². The third-order valence-electron chi connectivity index (χ3n) is 5.75. The van der Waals surface area contributed by atoms with Crippen molar-refractivity contribution in [2.45, 2.75) is 52.6 Å². The number of hydrogen-bond donors (Lipinski definition) is 2. The van der Waals surface area contributed by atoms with Crippen molar-refractivity contribution in [2.75, 3.05) is 13.2 Å². The van der Waals surface area contributed by atoms with Crippen molar-refractivity contribution in [3.05, 3.63) is 62.5 Å². The number of amides is 1. The lowest BCUT2D eigenvalue weighted by Gasteiger charge is -2.11. The number of carbonyl (C=O) groups is 1. The van der Waals surface area contributed by atoms with Crippen molar-refractivity contribution in [1.82, 2.24) is 15.3 Å². The molecule has 1 unspecified atom stereocenters. The Hall–Kier alpha value is -2.93. The second-order valence-electron chi connectivity index (χ2n) is 7.94. The zero-order valence-corrected chi connectivity index (χ0v) is 17.6. The zero-order chi connectivity index (χ0) is 21.3. The molecular weight excluding hydrogens is 382 g/mol. The molecule has 3 aromatic rings. The summed E-state index contributed by atoms with van der Waals surface area (Å²) in [5.41, 5.74) is 4.47. The van der Waals surface area contributed by atoms with Gasteiger partial charge in [-0.2, -0.15) is 0 Å². The molecule has 1 atom stereocenters. The molecule has 1 saturated heterocycles. The average molecular weight is 409 g/mol. The van der Waals surface area contributed by atoms with Gasteiger partial charge in [0.05, 0.1) is 11.0 Å². The number of ether oxygens (including phenoxy) is 1. The minimum Gasteiger partial charge on any atom is -0.424 e. The fourth-order valence-corrected chi connectivity index (χ4v) is 3.90. The van der Waals surface area contributed by atoms with Crippen LogP contribution < -0.4 is 10.9 Å². The largest absolute Gasteiger partial charge is 0.424 e. The van der Waals surface area contributed by atoms with E-state index in [-0.39, 0.29) is 11.7 Å². The Kier molecular flexibility index (Phi) is 5.72.